The molecule has 0 aliphatic rings. The Balaban J connectivity index is 0.000000441. The van der Waals surface area contributed by atoms with Gasteiger partial charge >= 0.3 is 11.9 Å². The van der Waals surface area contributed by atoms with Crippen LogP contribution in [0, 0.1) is 0 Å². The molecule has 10 nitrogen and oxygen atoms in total. The highest BCUT2D eigenvalue weighted by molar-refractivity contribution is 5.91. The number of rotatable bonds is 7. The zero-order valence-electron chi connectivity index (χ0n) is 12.4. The third-order valence-electron chi connectivity index (χ3n) is 2.89. The molecular formula is C14H20O10. The number of carboxylic acid groups (broad SMARTS) is 2. The fraction of sp³-hybridized carbons (Fsp3) is 0.429. The number of hydrogen-bond acceptors (Lipinski definition) is 8. The number of carboxylic acids is 2. The van der Waals surface area contributed by atoms with Crippen LogP contribution in [0.4, 0.5) is 0 Å². The Hall–Kier alpha value is -2.08. The van der Waals surface area contributed by atoms with E-state index in [-0.39, 0.29) is 11.1 Å². The van der Waals surface area contributed by atoms with E-state index in [4.69, 9.17) is 40.9 Å². The predicted octanol–water partition coefficient (Wildman–Crippen LogP) is -2.50. The Bertz CT molecular complexity index is 468. The van der Waals surface area contributed by atoms with Gasteiger partial charge in [0.05, 0.1) is 24.3 Å². The van der Waals surface area contributed by atoms with E-state index in [1.807, 2.05) is 0 Å². The normalized spacial score (nSPS) is 15.4. The average Bonchev–Trinajstić information content (AvgIpc) is 2.59. The summed E-state index contributed by atoms with van der Waals surface area (Å²) in [5, 5.41) is 69.1. The summed E-state index contributed by atoms with van der Waals surface area (Å²) >= 11 is 0. The summed E-state index contributed by atoms with van der Waals surface area (Å²) in [7, 11) is 0. The largest absolute Gasteiger partial charge is 0.478 e. The summed E-state index contributed by atoms with van der Waals surface area (Å²) in [6.07, 6.45) is -6.39. The van der Waals surface area contributed by atoms with E-state index < -0.39 is 49.6 Å². The summed E-state index contributed by atoms with van der Waals surface area (Å²) in [6.45, 7) is -1.45. The van der Waals surface area contributed by atoms with Crippen LogP contribution in [0.3, 0.4) is 0 Å². The van der Waals surface area contributed by atoms with Gasteiger partial charge < -0.3 is 40.9 Å². The van der Waals surface area contributed by atoms with Gasteiger partial charge in [-0.25, -0.2) is 9.59 Å². The smallest absolute Gasteiger partial charge is 0.335 e. The molecule has 0 heterocycles. The SMILES string of the molecule is O=C(O)c1ccc(C(=O)O)cc1.OCC(O)C(O)C(O)C(O)CO. The molecule has 1 aromatic rings. The lowest BCUT2D eigenvalue weighted by Gasteiger charge is -2.24. The number of benzene rings is 1. The number of aromatic carboxylic acids is 2. The molecule has 0 bridgehead atoms. The topological polar surface area (TPSA) is 196 Å². The van der Waals surface area contributed by atoms with E-state index >= 15 is 0 Å². The Morgan fingerprint density at radius 2 is 0.958 bits per heavy atom. The third kappa shape index (κ3) is 7.00. The predicted molar refractivity (Wildman–Crippen MR) is 78.6 cm³/mol. The van der Waals surface area contributed by atoms with Gasteiger partial charge in [0.25, 0.3) is 0 Å². The lowest BCUT2D eigenvalue weighted by Crippen LogP contribution is -2.46. The molecule has 0 aliphatic carbocycles. The molecule has 1 rings (SSSR count). The molecule has 0 saturated heterocycles. The van der Waals surface area contributed by atoms with Gasteiger partial charge in [-0.2, -0.15) is 0 Å². The zero-order chi connectivity index (χ0) is 18.9. The Morgan fingerprint density at radius 1 is 0.708 bits per heavy atom. The van der Waals surface area contributed by atoms with Crippen molar-refractivity contribution in [2.75, 3.05) is 13.2 Å². The van der Waals surface area contributed by atoms with Crippen molar-refractivity contribution in [1.29, 1.82) is 0 Å². The highest BCUT2D eigenvalue weighted by Gasteiger charge is 2.29. The second-order valence-electron chi connectivity index (χ2n) is 4.67. The summed E-state index contributed by atoms with van der Waals surface area (Å²) in [4.78, 5) is 20.7. The fourth-order valence-corrected chi connectivity index (χ4v) is 1.43. The lowest BCUT2D eigenvalue weighted by molar-refractivity contribution is -0.123. The maximum atomic E-state index is 10.3. The van der Waals surface area contributed by atoms with Gasteiger partial charge in [-0.3, -0.25) is 0 Å². The fourth-order valence-electron chi connectivity index (χ4n) is 1.43. The minimum Gasteiger partial charge on any atom is -0.478 e. The number of aliphatic hydroxyl groups excluding tert-OH is 6. The molecular weight excluding hydrogens is 328 g/mol. The molecule has 0 radical (unpaired) electrons. The molecule has 0 fully saturated rings. The highest BCUT2D eigenvalue weighted by Crippen LogP contribution is 2.04. The molecule has 10 heteroatoms. The van der Waals surface area contributed by atoms with Crippen molar-refractivity contribution < 1.29 is 50.4 Å². The van der Waals surface area contributed by atoms with E-state index in [1.165, 1.54) is 24.3 Å². The monoisotopic (exact) mass is 348 g/mol. The summed E-state index contributed by atoms with van der Waals surface area (Å²) in [5.74, 6) is -2.13. The van der Waals surface area contributed by atoms with Gasteiger partial charge in [0.1, 0.15) is 24.4 Å². The van der Waals surface area contributed by atoms with E-state index in [9.17, 15) is 9.59 Å². The van der Waals surface area contributed by atoms with Crippen LogP contribution in [-0.2, 0) is 0 Å². The highest BCUT2D eigenvalue weighted by atomic mass is 16.4. The summed E-state index contributed by atoms with van der Waals surface area (Å²) < 4.78 is 0. The Kier molecular flexibility index (Phi) is 9.73. The molecule has 4 unspecified atom stereocenters. The van der Waals surface area contributed by atoms with Gasteiger partial charge in [0, 0.05) is 0 Å². The van der Waals surface area contributed by atoms with Crippen LogP contribution in [0.5, 0.6) is 0 Å². The van der Waals surface area contributed by atoms with Crippen LogP contribution in [0.25, 0.3) is 0 Å². The third-order valence-corrected chi connectivity index (χ3v) is 2.89. The quantitative estimate of drug-likeness (QED) is 0.261. The van der Waals surface area contributed by atoms with Crippen molar-refractivity contribution in [3.05, 3.63) is 35.4 Å². The Labute approximate surface area is 136 Å². The lowest BCUT2D eigenvalue weighted by atomic mass is 10.0. The molecule has 0 saturated carbocycles. The molecule has 0 spiro atoms. The molecule has 0 amide bonds. The van der Waals surface area contributed by atoms with Crippen LogP contribution in [0.15, 0.2) is 24.3 Å². The molecule has 0 aliphatic heterocycles. The number of aliphatic hydroxyl groups is 6. The molecule has 8 N–H and O–H groups in total. The Morgan fingerprint density at radius 3 is 1.12 bits per heavy atom. The van der Waals surface area contributed by atoms with Crippen LogP contribution in [-0.4, -0.2) is 90.4 Å². The summed E-state index contributed by atoms with van der Waals surface area (Å²) in [5.41, 5.74) is 0.167. The van der Waals surface area contributed by atoms with Crippen LogP contribution >= 0.6 is 0 Å². The average molecular weight is 348 g/mol. The second-order valence-corrected chi connectivity index (χ2v) is 4.67. The van der Waals surface area contributed by atoms with Crippen LogP contribution < -0.4 is 0 Å². The molecule has 0 aromatic heterocycles. The first-order chi connectivity index (χ1) is 11.1. The van der Waals surface area contributed by atoms with E-state index in [0.717, 1.165) is 0 Å². The van der Waals surface area contributed by atoms with Gasteiger partial charge in [0.2, 0.25) is 0 Å². The number of carbonyl (C=O) groups is 2. The van der Waals surface area contributed by atoms with E-state index in [1.54, 1.807) is 0 Å². The first-order valence-corrected chi connectivity index (χ1v) is 6.66. The minimum atomic E-state index is -1.67. The van der Waals surface area contributed by atoms with Gasteiger partial charge in [-0.15, -0.1) is 0 Å². The van der Waals surface area contributed by atoms with Crippen molar-refractivity contribution in [2.24, 2.45) is 0 Å². The van der Waals surface area contributed by atoms with Crippen LogP contribution in [0.2, 0.25) is 0 Å². The van der Waals surface area contributed by atoms with Crippen molar-refractivity contribution >= 4 is 11.9 Å². The van der Waals surface area contributed by atoms with Crippen LogP contribution in [0.1, 0.15) is 20.7 Å². The molecule has 136 valence electrons. The van der Waals surface area contributed by atoms with Crippen molar-refractivity contribution in [3.8, 4) is 0 Å². The maximum absolute atomic E-state index is 10.3. The van der Waals surface area contributed by atoms with Crippen molar-refractivity contribution in [3.63, 3.8) is 0 Å². The molecule has 24 heavy (non-hydrogen) atoms. The first kappa shape index (κ1) is 21.9. The minimum absolute atomic E-state index is 0.0833. The standard InChI is InChI=1S/C8H6O4.C6H14O6/c9-7(10)5-1-2-6(4-3-5)8(11)12;7-1-3(9)5(11)6(12)4(10)2-8/h1-4H,(H,9,10)(H,11,12);3-12H,1-2H2. The maximum Gasteiger partial charge on any atom is 0.335 e. The van der Waals surface area contributed by atoms with Gasteiger partial charge in [-0.1, -0.05) is 0 Å². The van der Waals surface area contributed by atoms with Crippen molar-refractivity contribution in [2.45, 2.75) is 24.4 Å². The summed E-state index contributed by atoms with van der Waals surface area (Å²) in [6, 6.07) is 5.02. The van der Waals surface area contributed by atoms with Gasteiger partial charge in [-0.05, 0) is 24.3 Å². The van der Waals surface area contributed by atoms with Crippen molar-refractivity contribution in [1.82, 2.24) is 0 Å². The second kappa shape index (κ2) is 10.6. The van der Waals surface area contributed by atoms with E-state index in [2.05, 4.69) is 0 Å². The molecule has 1 aromatic carbocycles. The first-order valence-electron chi connectivity index (χ1n) is 6.66. The molecule has 4 atom stereocenters. The van der Waals surface area contributed by atoms with Gasteiger partial charge in [0.15, 0.2) is 0 Å². The number of hydrogen-bond donors (Lipinski definition) is 8. The zero-order valence-corrected chi connectivity index (χ0v) is 12.4. The van der Waals surface area contributed by atoms with E-state index in [0.29, 0.717) is 0 Å².